The predicted molar refractivity (Wildman–Crippen MR) is 56.8 cm³/mol. The van der Waals surface area contributed by atoms with E-state index < -0.39 is 5.82 Å². The first-order valence-electron chi connectivity index (χ1n) is 4.39. The standard InChI is InChI=1S/C10H7ClFN3O/c1-16-8-3-2-6(4-7(8)12)9-10(11)13-5-14-15-9/h2-5H,1H3. The van der Waals surface area contributed by atoms with Gasteiger partial charge in [0.25, 0.3) is 0 Å². The van der Waals surface area contributed by atoms with E-state index in [9.17, 15) is 4.39 Å². The van der Waals surface area contributed by atoms with Crippen molar-refractivity contribution in [3.8, 4) is 17.0 Å². The Hall–Kier alpha value is -1.75. The number of hydrogen-bond donors (Lipinski definition) is 0. The first-order chi connectivity index (χ1) is 7.72. The second kappa shape index (κ2) is 4.40. The van der Waals surface area contributed by atoms with Crippen LogP contribution in [0.25, 0.3) is 11.3 Å². The minimum atomic E-state index is -0.485. The topological polar surface area (TPSA) is 47.9 Å². The minimum absolute atomic E-state index is 0.164. The van der Waals surface area contributed by atoms with Crippen LogP contribution in [0.5, 0.6) is 5.75 Å². The molecular weight excluding hydrogens is 233 g/mol. The lowest BCUT2D eigenvalue weighted by Crippen LogP contribution is -1.93. The largest absolute Gasteiger partial charge is 0.494 e. The molecule has 0 atom stereocenters. The van der Waals surface area contributed by atoms with Crippen LogP contribution in [-0.2, 0) is 0 Å². The quantitative estimate of drug-likeness (QED) is 0.807. The summed E-state index contributed by atoms with van der Waals surface area (Å²) >= 11 is 5.82. The van der Waals surface area contributed by atoms with Crippen LogP contribution in [0.1, 0.15) is 0 Å². The summed E-state index contributed by atoms with van der Waals surface area (Å²) in [7, 11) is 1.40. The van der Waals surface area contributed by atoms with Gasteiger partial charge in [0, 0.05) is 5.56 Å². The lowest BCUT2D eigenvalue weighted by atomic mass is 10.1. The van der Waals surface area contributed by atoms with Crippen molar-refractivity contribution in [2.75, 3.05) is 7.11 Å². The summed E-state index contributed by atoms with van der Waals surface area (Å²) < 4.78 is 18.2. The molecule has 2 aromatic rings. The second-order valence-corrected chi connectivity index (χ2v) is 3.31. The zero-order valence-electron chi connectivity index (χ0n) is 8.32. The molecule has 82 valence electrons. The number of hydrogen-bond acceptors (Lipinski definition) is 4. The van der Waals surface area contributed by atoms with Crippen molar-refractivity contribution in [2.45, 2.75) is 0 Å². The fourth-order valence-electron chi connectivity index (χ4n) is 1.25. The molecule has 0 aliphatic rings. The Morgan fingerprint density at radius 2 is 2.19 bits per heavy atom. The fourth-order valence-corrected chi connectivity index (χ4v) is 1.44. The van der Waals surface area contributed by atoms with Gasteiger partial charge in [-0.15, -0.1) is 10.2 Å². The summed E-state index contributed by atoms with van der Waals surface area (Å²) in [5, 5.41) is 7.57. The van der Waals surface area contributed by atoms with E-state index in [4.69, 9.17) is 16.3 Å². The van der Waals surface area contributed by atoms with Crippen molar-refractivity contribution in [1.29, 1.82) is 0 Å². The highest BCUT2D eigenvalue weighted by molar-refractivity contribution is 6.31. The normalized spacial score (nSPS) is 10.2. The summed E-state index contributed by atoms with van der Waals surface area (Å²) in [6.07, 6.45) is 1.23. The number of benzene rings is 1. The van der Waals surface area contributed by atoms with E-state index in [1.165, 1.54) is 25.6 Å². The lowest BCUT2D eigenvalue weighted by Gasteiger charge is -2.04. The SMILES string of the molecule is COc1ccc(-c2nncnc2Cl)cc1F. The number of aromatic nitrogens is 3. The Kier molecular flexibility index (Phi) is 2.96. The Morgan fingerprint density at radius 1 is 1.38 bits per heavy atom. The van der Waals surface area contributed by atoms with Crippen LogP contribution in [0, 0.1) is 5.82 Å². The molecular formula is C10H7ClFN3O. The first-order valence-corrected chi connectivity index (χ1v) is 4.77. The van der Waals surface area contributed by atoms with Crippen molar-refractivity contribution >= 4 is 11.6 Å². The summed E-state index contributed by atoms with van der Waals surface area (Å²) in [6, 6.07) is 4.41. The molecule has 0 unspecified atom stereocenters. The van der Waals surface area contributed by atoms with E-state index in [1.807, 2.05) is 0 Å². The molecule has 6 heteroatoms. The fraction of sp³-hybridized carbons (Fsp3) is 0.100. The predicted octanol–water partition coefficient (Wildman–Crippen LogP) is 2.34. The first kappa shape index (κ1) is 10.8. The van der Waals surface area contributed by atoms with Crippen LogP contribution in [0.3, 0.4) is 0 Å². The van der Waals surface area contributed by atoms with Gasteiger partial charge in [-0.3, -0.25) is 0 Å². The van der Waals surface area contributed by atoms with Gasteiger partial charge in [-0.1, -0.05) is 11.6 Å². The van der Waals surface area contributed by atoms with E-state index in [-0.39, 0.29) is 10.9 Å². The van der Waals surface area contributed by atoms with Gasteiger partial charge in [-0.05, 0) is 18.2 Å². The molecule has 1 aromatic carbocycles. The van der Waals surface area contributed by atoms with Crippen LogP contribution in [-0.4, -0.2) is 22.3 Å². The molecule has 16 heavy (non-hydrogen) atoms. The van der Waals surface area contributed by atoms with E-state index in [0.29, 0.717) is 11.3 Å². The maximum atomic E-state index is 13.4. The molecule has 4 nitrogen and oxygen atoms in total. The third kappa shape index (κ3) is 1.94. The molecule has 0 fully saturated rings. The number of rotatable bonds is 2. The van der Waals surface area contributed by atoms with Crippen LogP contribution >= 0.6 is 11.6 Å². The van der Waals surface area contributed by atoms with Crippen molar-refractivity contribution in [3.63, 3.8) is 0 Å². The highest BCUT2D eigenvalue weighted by atomic mass is 35.5. The Labute approximate surface area is 96.1 Å². The smallest absolute Gasteiger partial charge is 0.165 e. The van der Waals surface area contributed by atoms with Gasteiger partial charge in [-0.2, -0.15) is 0 Å². The van der Waals surface area contributed by atoms with Crippen LogP contribution in [0.2, 0.25) is 5.15 Å². The van der Waals surface area contributed by atoms with Crippen LogP contribution in [0.15, 0.2) is 24.5 Å². The summed E-state index contributed by atoms with van der Waals surface area (Å²) in [4.78, 5) is 3.77. The number of halogens is 2. The van der Waals surface area contributed by atoms with Gasteiger partial charge in [0.05, 0.1) is 7.11 Å². The summed E-state index contributed by atoms with van der Waals surface area (Å²) in [6.45, 7) is 0. The Balaban J connectivity index is 2.50. The number of methoxy groups -OCH3 is 1. The Morgan fingerprint density at radius 3 is 2.81 bits per heavy atom. The average molecular weight is 240 g/mol. The maximum Gasteiger partial charge on any atom is 0.165 e. The highest BCUT2D eigenvalue weighted by Gasteiger charge is 2.10. The molecule has 1 aromatic heterocycles. The molecule has 0 bridgehead atoms. The van der Waals surface area contributed by atoms with E-state index in [2.05, 4.69) is 15.2 Å². The molecule has 0 radical (unpaired) electrons. The molecule has 0 N–H and O–H groups in total. The molecule has 0 aliphatic heterocycles. The highest BCUT2D eigenvalue weighted by Crippen LogP contribution is 2.27. The Bertz CT molecular complexity index is 521. The van der Waals surface area contributed by atoms with Crippen LogP contribution in [0.4, 0.5) is 4.39 Å². The van der Waals surface area contributed by atoms with Crippen LogP contribution < -0.4 is 4.74 Å². The van der Waals surface area contributed by atoms with Crippen molar-refractivity contribution in [2.24, 2.45) is 0 Å². The monoisotopic (exact) mass is 239 g/mol. The van der Waals surface area contributed by atoms with Crippen molar-refractivity contribution < 1.29 is 9.13 Å². The van der Waals surface area contributed by atoms with Gasteiger partial charge in [-0.25, -0.2) is 9.37 Å². The molecule has 0 spiro atoms. The molecule has 1 heterocycles. The van der Waals surface area contributed by atoms with Crippen molar-refractivity contribution in [1.82, 2.24) is 15.2 Å². The molecule has 0 saturated carbocycles. The van der Waals surface area contributed by atoms with Gasteiger partial charge in [0.15, 0.2) is 16.7 Å². The van der Waals surface area contributed by atoms with Gasteiger partial charge in [0.1, 0.15) is 12.0 Å². The van der Waals surface area contributed by atoms with E-state index >= 15 is 0 Å². The zero-order valence-corrected chi connectivity index (χ0v) is 9.07. The molecule has 0 saturated heterocycles. The third-order valence-electron chi connectivity index (χ3n) is 2.00. The number of nitrogens with zero attached hydrogens (tertiary/aromatic N) is 3. The zero-order chi connectivity index (χ0) is 11.5. The van der Waals surface area contributed by atoms with E-state index in [0.717, 1.165) is 0 Å². The molecule has 2 rings (SSSR count). The second-order valence-electron chi connectivity index (χ2n) is 2.95. The number of ether oxygens (including phenoxy) is 1. The lowest BCUT2D eigenvalue weighted by molar-refractivity contribution is 0.386. The minimum Gasteiger partial charge on any atom is -0.494 e. The van der Waals surface area contributed by atoms with Gasteiger partial charge in [0.2, 0.25) is 0 Å². The summed E-state index contributed by atoms with van der Waals surface area (Å²) in [5.74, 6) is -0.321. The summed E-state index contributed by atoms with van der Waals surface area (Å²) in [5.41, 5.74) is 0.842. The van der Waals surface area contributed by atoms with Crippen molar-refractivity contribution in [3.05, 3.63) is 35.5 Å². The van der Waals surface area contributed by atoms with Gasteiger partial charge < -0.3 is 4.74 Å². The van der Waals surface area contributed by atoms with E-state index in [1.54, 1.807) is 6.07 Å². The molecule has 0 amide bonds. The third-order valence-corrected chi connectivity index (χ3v) is 2.28. The molecule has 0 aliphatic carbocycles. The maximum absolute atomic E-state index is 13.4. The van der Waals surface area contributed by atoms with Gasteiger partial charge >= 0.3 is 0 Å². The average Bonchev–Trinajstić information content (AvgIpc) is 2.29.